The zero-order valence-electron chi connectivity index (χ0n) is 9.28. The first kappa shape index (κ1) is 13.5. The first-order chi connectivity index (χ1) is 8.06. The Hall–Kier alpha value is 0.0200. The summed E-state index contributed by atoms with van der Waals surface area (Å²) in [6.07, 6.45) is 0.789. The van der Waals surface area contributed by atoms with Gasteiger partial charge >= 0.3 is 0 Å². The molecule has 0 aliphatic heterocycles. The van der Waals surface area contributed by atoms with E-state index in [4.69, 9.17) is 5.73 Å². The maximum absolute atomic E-state index is 6.24. The molecule has 5 heteroatoms. The second kappa shape index (κ2) is 5.77. The van der Waals surface area contributed by atoms with Crippen LogP contribution in [-0.4, -0.2) is 4.98 Å². The fraction of sp³-hybridized carbons (Fsp3) is 0.250. The van der Waals surface area contributed by atoms with Crippen molar-refractivity contribution >= 4 is 49.9 Å². The Morgan fingerprint density at radius 3 is 2.94 bits per heavy atom. The highest BCUT2D eigenvalue weighted by molar-refractivity contribution is 14.1. The van der Waals surface area contributed by atoms with E-state index < -0.39 is 0 Å². The molecule has 0 bridgehead atoms. The average molecular weight is 423 g/mol. The summed E-state index contributed by atoms with van der Waals surface area (Å²) < 4.78 is 2.27. The van der Waals surface area contributed by atoms with Gasteiger partial charge in [-0.25, -0.2) is 4.98 Å². The summed E-state index contributed by atoms with van der Waals surface area (Å²) in [6.45, 7) is 2.01. The molecule has 1 aromatic heterocycles. The summed E-state index contributed by atoms with van der Waals surface area (Å²) in [5.74, 6) is 0. The van der Waals surface area contributed by atoms with Gasteiger partial charge < -0.3 is 5.73 Å². The standard InChI is InChI=1S/C12H12BrIN2S/c1-7-6-17-12(16-7)5-11(15)9-4-8(14)2-3-10(9)13/h2-4,6,11H,5,15H2,1H3. The SMILES string of the molecule is Cc1csc(CC(N)c2cc(I)ccc2Br)n1. The number of halogens is 2. The van der Waals surface area contributed by atoms with Gasteiger partial charge in [0.2, 0.25) is 0 Å². The molecule has 0 radical (unpaired) electrons. The molecule has 17 heavy (non-hydrogen) atoms. The molecule has 1 aromatic carbocycles. The van der Waals surface area contributed by atoms with Gasteiger partial charge in [-0.2, -0.15) is 0 Å². The topological polar surface area (TPSA) is 38.9 Å². The Bertz CT molecular complexity index is 527. The highest BCUT2D eigenvalue weighted by Crippen LogP contribution is 2.27. The van der Waals surface area contributed by atoms with Gasteiger partial charge in [0.05, 0.1) is 5.01 Å². The maximum Gasteiger partial charge on any atom is 0.0947 e. The molecule has 2 N–H and O–H groups in total. The highest BCUT2D eigenvalue weighted by atomic mass is 127. The van der Waals surface area contributed by atoms with Crippen LogP contribution in [0, 0.1) is 10.5 Å². The van der Waals surface area contributed by atoms with Crippen molar-refractivity contribution < 1.29 is 0 Å². The smallest absolute Gasteiger partial charge is 0.0947 e. The average Bonchev–Trinajstić information content (AvgIpc) is 2.67. The number of hydrogen-bond acceptors (Lipinski definition) is 3. The molecule has 0 aliphatic carbocycles. The van der Waals surface area contributed by atoms with Crippen LogP contribution < -0.4 is 5.73 Å². The molecule has 0 saturated carbocycles. The molecule has 2 rings (SSSR count). The van der Waals surface area contributed by atoms with E-state index in [-0.39, 0.29) is 6.04 Å². The lowest BCUT2D eigenvalue weighted by molar-refractivity contribution is 0.713. The molecule has 2 aromatic rings. The number of rotatable bonds is 3. The molecule has 1 atom stereocenters. The summed E-state index contributed by atoms with van der Waals surface area (Å²) >= 11 is 7.52. The molecule has 2 nitrogen and oxygen atoms in total. The summed E-state index contributed by atoms with van der Waals surface area (Å²) in [5, 5.41) is 3.16. The van der Waals surface area contributed by atoms with Crippen molar-refractivity contribution in [1.82, 2.24) is 4.98 Å². The van der Waals surface area contributed by atoms with Crippen molar-refractivity contribution in [2.24, 2.45) is 5.73 Å². The van der Waals surface area contributed by atoms with Crippen molar-refractivity contribution in [3.05, 3.63) is 47.9 Å². The summed E-state index contributed by atoms with van der Waals surface area (Å²) in [7, 11) is 0. The Morgan fingerprint density at radius 1 is 1.53 bits per heavy atom. The van der Waals surface area contributed by atoms with Crippen LogP contribution >= 0.6 is 49.9 Å². The van der Waals surface area contributed by atoms with Crippen molar-refractivity contribution in [2.75, 3.05) is 0 Å². The second-order valence-electron chi connectivity index (χ2n) is 3.86. The predicted molar refractivity (Wildman–Crippen MR) is 84.3 cm³/mol. The summed E-state index contributed by atoms with van der Waals surface area (Å²) in [4.78, 5) is 4.45. The van der Waals surface area contributed by atoms with Gasteiger partial charge in [0, 0.05) is 31.6 Å². The molecular weight excluding hydrogens is 411 g/mol. The van der Waals surface area contributed by atoms with E-state index in [0.29, 0.717) is 0 Å². The number of thiazole rings is 1. The van der Waals surface area contributed by atoms with E-state index in [2.05, 4.69) is 61.0 Å². The summed E-state index contributed by atoms with van der Waals surface area (Å²) in [6, 6.07) is 6.22. The zero-order chi connectivity index (χ0) is 12.4. The van der Waals surface area contributed by atoms with Crippen LogP contribution in [0.4, 0.5) is 0 Å². The van der Waals surface area contributed by atoms with E-state index in [1.807, 2.05) is 13.0 Å². The quantitative estimate of drug-likeness (QED) is 0.757. The van der Waals surface area contributed by atoms with E-state index >= 15 is 0 Å². The van der Waals surface area contributed by atoms with Gasteiger partial charge in [-0.15, -0.1) is 11.3 Å². The Labute approximate surface area is 127 Å². The number of aryl methyl sites for hydroxylation is 1. The third-order valence-corrected chi connectivity index (χ3v) is 4.80. The lowest BCUT2D eigenvalue weighted by Crippen LogP contribution is -2.14. The Balaban J connectivity index is 2.19. The van der Waals surface area contributed by atoms with Crippen molar-refractivity contribution in [1.29, 1.82) is 0 Å². The van der Waals surface area contributed by atoms with Crippen LogP contribution in [0.2, 0.25) is 0 Å². The van der Waals surface area contributed by atoms with E-state index in [1.165, 1.54) is 3.57 Å². The molecular formula is C12H12BrIN2S. The lowest BCUT2D eigenvalue weighted by atomic mass is 10.1. The van der Waals surface area contributed by atoms with E-state index in [9.17, 15) is 0 Å². The number of nitrogens with zero attached hydrogens (tertiary/aromatic N) is 1. The molecule has 0 aliphatic rings. The van der Waals surface area contributed by atoms with Crippen molar-refractivity contribution in [3.63, 3.8) is 0 Å². The van der Waals surface area contributed by atoms with E-state index in [0.717, 1.165) is 27.2 Å². The molecule has 0 saturated heterocycles. The van der Waals surface area contributed by atoms with Crippen molar-refractivity contribution in [2.45, 2.75) is 19.4 Å². The van der Waals surface area contributed by atoms with Gasteiger partial charge in [0.1, 0.15) is 0 Å². The molecule has 0 amide bonds. The van der Waals surface area contributed by atoms with E-state index in [1.54, 1.807) is 11.3 Å². The van der Waals surface area contributed by atoms with Gasteiger partial charge in [0.25, 0.3) is 0 Å². The maximum atomic E-state index is 6.24. The first-order valence-electron chi connectivity index (χ1n) is 5.18. The minimum Gasteiger partial charge on any atom is -0.324 e. The Kier molecular flexibility index (Phi) is 4.57. The van der Waals surface area contributed by atoms with Gasteiger partial charge in [0.15, 0.2) is 0 Å². The number of hydrogen-bond donors (Lipinski definition) is 1. The van der Waals surface area contributed by atoms with Crippen molar-refractivity contribution in [3.8, 4) is 0 Å². The van der Waals surface area contributed by atoms with Gasteiger partial charge in [-0.1, -0.05) is 15.9 Å². The molecule has 90 valence electrons. The summed E-state index contributed by atoms with van der Waals surface area (Å²) in [5.41, 5.74) is 8.45. The normalized spacial score (nSPS) is 12.7. The largest absolute Gasteiger partial charge is 0.324 e. The monoisotopic (exact) mass is 422 g/mol. The minimum atomic E-state index is -0.00959. The van der Waals surface area contributed by atoms with Gasteiger partial charge in [-0.05, 0) is 53.3 Å². The van der Waals surface area contributed by atoms with Gasteiger partial charge in [-0.3, -0.25) is 0 Å². The molecule has 1 heterocycles. The first-order valence-corrected chi connectivity index (χ1v) is 7.93. The highest BCUT2D eigenvalue weighted by Gasteiger charge is 2.13. The third kappa shape index (κ3) is 3.49. The minimum absolute atomic E-state index is 0.00959. The fourth-order valence-electron chi connectivity index (χ4n) is 1.59. The van der Waals surface area contributed by atoms with Crippen LogP contribution in [0.15, 0.2) is 28.1 Å². The molecule has 1 unspecified atom stereocenters. The number of benzene rings is 1. The zero-order valence-corrected chi connectivity index (χ0v) is 13.8. The fourth-order valence-corrected chi connectivity index (χ4v) is 3.48. The Morgan fingerprint density at radius 2 is 2.29 bits per heavy atom. The second-order valence-corrected chi connectivity index (χ2v) is 6.90. The third-order valence-electron chi connectivity index (χ3n) is 2.42. The van der Waals surface area contributed by atoms with Crippen LogP contribution in [0.5, 0.6) is 0 Å². The molecule has 0 fully saturated rings. The predicted octanol–water partition coefficient (Wildman–Crippen LogP) is 4.06. The lowest BCUT2D eigenvalue weighted by Gasteiger charge is -2.12. The number of aromatic nitrogens is 1. The van der Waals surface area contributed by atoms with Crippen LogP contribution in [0.3, 0.4) is 0 Å². The van der Waals surface area contributed by atoms with Crippen LogP contribution in [-0.2, 0) is 6.42 Å². The molecule has 0 spiro atoms. The number of nitrogens with two attached hydrogens (primary N) is 1. The van der Waals surface area contributed by atoms with Crippen LogP contribution in [0.1, 0.15) is 22.3 Å². The van der Waals surface area contributed by atoms with Crippen LogP contribution in [0.25, 0.3) is 0 Å².